The van der Waals surface area contributed by atoms with Crippen molar-refractivity contribution in [3.8, 4) is 0 Å². The summed E-state index contributed by atoms with van der Waals surface area (Å²) in [6.07, 6.45) is 0. The number of amides is 1. The Morgan fingerprint density at radius 2 is 2.28 bits per heavy atom. The molecule has 0 spiro atoms. The Morgan fingerprint density at radius 3 is 2.89 bits per heavy atom. The van der Waals surface area contributed by atoms with Crippen LogP contribution in [0, 0.1) is 12.7 Å². The number of aryl methyl sites for hydroxylation is 1. The Kier molecular flexibility index (Phi) is 3.57. The monoisotopic (exact) mass is 266 g/mol. The molecule has 0 aliphatic carbocycles. The van der Waals surface area contributed by atoms with Crippen LogP contribution in [0.15, 0.2) is 28.4 Å². The van der Waals surface area contributed by atoms with Crippen LogP contribution in [0.4, 0.5) is 4.39 Å². The van der Waals surface area contributed by atoms with E-state index >= 15 is 0 Å². The lowest BCUT2D eigenvalue weighted by Crippen LogP contribution is -2.24. The highest BCUT2D eigenvalue weighted by Crippen LogP contribution is 2.10. The number of rotatable bonds is 3. The molecule has 0 atom stereocenters. The molecule has 1 aromatic carbocycles. The number of H-pyrrole nitrogens is 1. The highest BCUT2D eigenvalue weighted by Gasteiger charge is 2.09. The molecule has 4 nitrogen and oxygen atoms in total. The van der Waals surface area contributed by atoms with Crippen LogP contribution in [0.3, 0.4) is 0 Å². The maximum Gasteiger partial charge on any atom is 0.304 e. The van der Waals surface area contributed by atoms with Gasteiger partial charge >= 0.3 is 4.87 Å². The highest BCUT2D eigenvalue weighted by molar-refractivity contribution is 7.07. The molecule has 0 bridgehead atoms. The lowest BCUT2D eigenvalue weighted by Gasteiger charge is -2.06. The predicted molar refractivity (Wildman–Crippen MR) is 67.2 cm³/mol. The number of nitrogens with one attached hydrogen (secondary N) is 2. The Labute approximate surface area is 106 Å². The minimum absolute atomic E-state index is 0.155. The summed E-state index contributed by atoms with van der Waals surface area (Å²) in [5.74, 6) is -0.661. The Bertz CT molecular complexity index is 633. The largest absolute Gasteiger partial charge is 0.346 e. The van der Waals surface area contributed by atoms with Crippen LogP contribution in [-0.4, -0.2) is 10.9 Å². The number of carbonyl (C=O) groups is 1. The van der Waals surface area contributed by atoms with Crippen molar-refractivity contribution in [3.05, 3.63) is 55.9 Å². The van der Waals surface area contributed by atoms with Gasteiger partial charge in [0.1, 0.15) is 5.82 Å². The molecule has 2 aromatic rings. The fraction of sp³-hybridized carbons (Fsp3) is 0.167. The van der Waals surface area contributed by atoms with Crippen molar-refractivity contribution in [1.82, 2.24) is 10.3 Å². The topological polar surface area (TPSA) is 62.0 Å². The molecule has 6 heteroatoms. The summed E-state index contributed by atoms with van der Waals surface area (Å²) in [6.45, 7) is 1.92. The van der Waals surface area contributed by atoms with Crippen molar-refractivity contribution in [3.63, 3.8) is 0 Å². The Hall–Kier alpha value is -1.95. The first-order valence-corrected chi connectivity index (χ1v) is 6.15. The van der Waals surface area contributed by atoms with E-state index in [9.17, 15) is 14.0 Å². The number of halogens is 1. The maximum atomic E-state index is 12.9. The van der Waals surface area contributed by atoms with Gasteiger partial charge in [-0.2, -0.15) is 0 Å². The molecule has 1 aromatic heterocycles. The zero-order chi connectivity index (χ0) is 13.1. The van der Waals surface area contributed by atoms with E-state index in [0.29, 0.717) is 16.8 Å². The van der Waals surface area contributed by atoms with E-state index in [-0.39, 0.29) is 23.1 Å². The van der Waals surface area contributed by atoms with Gasteiger partial charge in [-0.05, 0) is 30.7 Å². The first-order chi connectivity index (χ1) is 8.56. The average Bonchev–Trinajstić information content (AvgIpc) is 2.72. The second kappa shape index (κ2) is 5.14. The molecule has 94 valence electrons. The van der Waals surface area contributed by atoms with Crippen LogP contribution in [-0.2, 0) is 6.54 Å². The first-order valence-electron chi connectivity index (χ1n) is 5.27. The highest BCUT2D eigenvalue weighted by atomic mass is 32.1. The van der Waals surface area contributed by atoms with Crippen molar-refractivity contribution < 1.29 is 9.18 Å². The Morgan fingerprint density at radius 1 is 1.50 bits per heavy atom. The van der Waals surface area contributed by atoms with Crippen molar-refractivity contribution in [1.29, 1.82) is 0 Å². The standard InChI is InChI=1S/C12H11FN2O2S/c1-7-4-8(13)2-3-10(7)11(16)14-5-9-6-18-12(17)15-9/h2-4,6H,5H2,1H3,(H,14,16)(H,15,17). The van der Waals surface area contributed by atoms with E-state index in [1.54, 1.807) is 12.3 Å². The van der Waals surface area contributed by atoms with Gasteiger partial charge in [-0.3, -0.25) is 9.59 Å². The third kappa shape index (κ3) is 2.84. The fourth-order valence-electron chi connectivity index (χ4n) is 1.55. The molecule has 1 amide bonds. The molecule has 0 saturated carbocycles. The van der Waals surface area contributed by atoms with Crippen LogP contribution in [0.25, 0.3) is 0 Å². The lowest BCUT2D eigenvalue weighted by atomic mass is 10.1. The molecule has 2 N–H and O–H groups in total. The second-order valence-electron chi connectivity index (χ2n) is 3.82. The van der Waals surface area contributed by atoms with E-state index in [1.165, 1.54) is 18.2 Å². The number of aromatic nitrogens is 1. The third-order valence-electron chi connectivity index (χ3n) is 2.44. The van der Waals surface area contributed by atoms with Crippen molar-refractivity contribution in [2.45, 2.75) is 13.5 Å². The predicted octanol–water partition coefficient (Wildman–Crippen LogP) is 1.81. The molecule has 0 radical (unpaired) electrons. The van der Waals surface area contributed by atoms with Crippen LogP contribution in [0.1, 0.15) is 21.6 Å². The molecule has 0 aliphatic rings. The summed E-state index contributed by atoms with van der Waals surface area (Å²) in [5, 5.41) is 4.32. The van der Waals surface area contributed by atoms with Gasteiger partial charge < -0.3 is 10.3 Å². The Balaban J connectivity index is 2.06. The van der Waals surface area contributed by atoms with Crippen molar-refractivity contribution in [2.24, 2.45) is 0 Å². The molecule has 2 rings (SSSR count). The summed E-state index contributed by atoms with van der Waals surface area (Å²) in [6, 6.07) is 3.99. The lowest BCUT2D eigenvalue weighted by molar-refractivity contribution is 0.0950. The molecular weight excluding hydrogens is 255 g/mol. The van der Waals surface area contributed by atoms with Gasteiger partial charge in [0.05, 0.1) is 6.54 Å². The summed E-state index contributed by atoms with van der Waals surface area (Å²) >= 11 is 1.04. The van der Waals surface area contributed by atoms with Gasteiger partial charge in [0.15, 0.2) is 0 Å². The minimum atomic E-state index is -0.369. The normalized spacial score (nSPS) is 10.3. The van der Waals surface area contributed by atoms with E-state index in [4.69, 9.17) is 0 Å². The number of aromatic amines is 1. The summed E-state index contributed by atoms with van der Waals surface area (Å²) in [5.41, 5.74) is 1.65. The van der Waals surface area contributed by atoms with Crippen LogP contribution >= 0.6 is 11.3 Å². The van der Waals surface area contributed by atoms with Crippen molar-refractivity contribution >= 4 is 17.2 Å². The quantitative estimate of drug-likeness (QED) is 0.890. The van der Waals surface area contributed by atoms with Gasteiger partial charge in [0.2, 0.25) is 0 Å². The summed E-state index contributed by atoms with van der Waals surface area (Å²) in [4.78, 5) is 25.2. The molecule has 0 aliphatic heterocycles. The zero-order valence-corrected chi connectivity index (χ0v) is 10.4. The second-order valence-corrected chi connectivity index (χ2v) is 4.66. The molecule has 1 heterocycles. The smallest absolute Gasteiger partial charge is 0.304 e. The van der Waals surface area contributed by atoms with E-state index in [1.807, 2.05) is 0 Å². The first kappa shape index (κ1) is 12.5. The number of benzene rings is 1. The van der Waals surface area contributed by atoms with E-state index < -0.39 is 0 Å². The van der Waals surface area contributed by atoms with Gasteiger partial charge in [-0.15, -0.1) is 0 Å². The fourth-order valence-corrected chi connectivity index (χ4v) is 2.13. The summed E-state index contributed by atoms with van der Waals surface area (Å²) < 4.78 is 12.9. The van der Waals surface area contributed by atoms with Gasteiger partial charge in [-0.25, -0.2) is 4.39 Å². The van der Waals surface area contributed by atoms with Gasteiger partial charge in [0, 0.05) is 16.6 Å². The van der Waals surface area contributed by atoms with E-state index in [0.717, 1.165) is 11.3 Å². The third-order valence-corrected chi connectivity index (χ3v) is 3.16. The summed E-state index contributed by atoms with van der Waals surface area (Å²) in [7, 11) is 0. The maximum absolute atomic E-state index is 12.9. The SMILES string of the molecule is Cc1cc(F)ccc1C(=O)NCc1csc(=O)[nH]1. The molecule has 18 heavy (non-hydrogen) atoms. The van der Waals surface area contributed by atoms with E-state index in [2.05, 4.69) is 10.3 Å². The number of carbonyl (C=O) groups excluding carboxylic acids is 1. The molecule has 0 unspecified atom stereocenters. The zero-order valence-electron chi connectivity index (χ0n) is 9.62. The van der Waals surface area contributed by atoms with Crippen molar-refractivity contribution in [2.75, 3.05) is 0 Å². The van der Waals surface area contributed by atoms with Crippen LogP contribution in [0.5, 0.6) is 0 Å². The minimum Gasteiger partial charge on any atom is -0.346 e. The van der Waals surface area contributed by atoms with Gasteiger partial charge in [-0.1, -0.05) is 11.3 Å². The van der Waals surface area contributed by atoms with Gasteiger partial charge in [0.25, 0.3) is 5.91 Å². The average molecular weight is 266 g/mol. The molecule has 0 saturated heterocycles. The number of thiazole rings is 1. The van der Waals surface area contributed by atoms with Crippen LogP contribution < -0.4 is 10.2 Å². The molecule has 0 fully saturated rings. The number of hydrogen-bond acceptors (Lipinski definition) is 3. The number of hydrogen-bond donors (Lipinski definition) is 2. The molecular formula is C12H11FN2O2S. The van der Waals surface area contributed by atoms with Crippen LogP contribution in [0.2, 0.25) is 0 Å².